The first-order valence-electron chi connectivity index (χ1n) is 10.2. The van der Waals surface area contributed by atoms with Crippen LogP contribution in [0.3, 0.4) is 0 Å². The van der Waals surface area contributed by atoms with Crippen LogP contribution in [0.15, 0.2) is 41.8 Å². The number of nitrogens with zero attached hydrogens (tertiary/aromatic N) is 4. The van der Waals surface area contributed by atoms with Crippen molar-refractivity contribution < 1.29 is 9.53 Å². The first kappa shape index (κ1) is 20.8. The molecule has 0 radical (unpaired) electrons. The van der Waals surface area contributed by atoms with Crippen molar-refractivity contribution >= 4 is 33.7 Å². The van der Waals surface area contributed by atoms with Crippen LogP contribution in [-0.4, -0.2) is 53.3 Å². The smallest absolute Gasteiger partial charge is 0.263 e. The van der Waals surface area contributed by atoms with Crippen LogP contribution in [-0.2, 0) is 4.79 Å². The van der Waals surface area contributed by atoms with E-state index >= 15 is 0 Å². The number of thiophene rings is 1. The number of carbonyl (C=O) groups is 1. The van der Waals surface area contributed by atoms with Gasteiger partial charge in [0.05, 0.1) is 4.88 Å². The van der Waals surface area contributed by atoms with Crippen LogP contribution in [0.5, 0.6) is 5.75 Å². The van der Waals surface area contributed by atoms with Gasteiger partial charge in [0.2, 0.25) is 5.13 Å². The minimum atomic E-state index is -0.506. The average molecular weight is 443 g/mol. The number of amides is 1. The van der Waals surface area contributed by atoms with Crippen LogP contribution in [0.4, 0.5) is 5.13 Å². The quantitative estimate of drug-likeness (QED) is 0.562. The van der Waals surface area contributed by atoms with Crippen LogP contribution in [0.1, 0.15) is 32.3 Å². The molecule has 8 heteroatoms. The number of ether oxygens (including phenoxy) is 1. The molecule has 4 rings (SSSR count). The molecule has 3 aromatic rings. The molecule has 1 atom stereocenters. The molecule has 1 fully saturated rings. The third-order valence-corrected chi connectivity index (χ3v) is 7.24. The Morgan fingerprint density at radius 1 is 1.03 bits per heavy atom. The minimum Gasteiger partial charge on any atom is -0.481 e. The predicted molar refractivity (Wildman–Crippen MR) is 123 cm³/mol. The van der Waals surface area contributed by atoms with E-state index < -0.39 is 6.10 Å². The van der Waals surface area contributed by atoms with Crippen LogP contribution in [0.2, 0.25) is 0 Å². The average Bonchev–Trinajstić information content (AvgIpc) is 3.45. The highest BCUT2D eigenvalue weighted by Gasteiger charge is 2.27. The van der Waals surface area contributed by atoms with Crippen LogP contribution >= 0.6 is 22.7 Å². The summed E-state index contributed by atoms with van der Waals surface area (Å²) in [6, 6.07) is 12.1. The van der Waals surface area contributed by atoms with Crippen molar-refractivity contribution in [1.29, 1.82) is 0 Å². The highest BCUT2D eigenvalue weighted by Crippen LogP contribution is 2.32. The predicted octanol–water partition coefficient (Wildman–Crippen LogP) is 4.51. The minimum absolute atomic E-state index is 0.0270. The lowest BCUT2D eigenvalue weighted by molar-refractivity contribution is -0.138. The maximum Gasteiger partial charge on any atom is 0.263 e. The maximum absolute atomic E-state index is 12.8. The number of aromatic nitrogens is 2. The lowest BCUT2D eigenvalue weighted by Gasteiger charge is -2.35. The summed E-state index contributed by atoms with van der Waals surface area (Å²) < 4.78 is 5.90. The van der Waals surface area contributed by atoms with Gasteiger partial charge in [0.25, 0.3) is 5.91 Å². The Balaban J connectivity index is 1.30. The Morgan fingerprint density at radius 3 is 2.40 bits per heavy atom. The number of rotatable bonds is 6. The third kappa shape index (κ3) is 4.65. The molecular formula is C22H26N4O2S2. The van der Waals surface area contributed by atoms with Crippen LogP contribution < -0.4 is 9.64 Å². The van der Waals surface area contributed by atoms with E-state index in [1.54, 1.807) is 22.7 Å². The van der Waals surface area contributed by atoms with Crippen molar-refractivity contribution in [2.24, 2.45) is 0 Å². The summed E-state index contributed by atoms with van der Waals surface area (Å²) >= 11 is 3.27. The van der Waals surface area contributed by atoms with Gasteiger partial charge >= 0.3 is 0 Å². The zero-order valence-electron chi connectivity index (χ0n) is 17.4. The Morgan fingerprint density at radius 2 is 1.77 bits per heavy atom. The number of benzene rings is 1. The molecule has 1 unspecified atom stereocenters. The normalized spacial score (nSPS) is 15.5. The van der Waals surface area contributed by atoms with Gasteiger partial charge in [-0.2, -0.15) is 0 Å². The third-order valence-electron chi connectivity index (χ3n) is 5.22. The molecule has 1 aliphatic rings. The molecule has 2 aromatic heterocycles. The second kappa shape index (κ2) is 9.14. The van der Waals surface area contributed by atoms with E-state index in [0.717, 1.165) is 33.9 Å². The van der Waals surface area contributed by atoms with Gasteiger partial charge in [0.15, 0.2) is 11.1 Å². The van der Waals surface area contributed by atoms with Crippen molar-refractivity contribution in [2.75, 3.05) is 31.1 Å². The van der Waals surface area contributed by atoms with Gasteiger partial charge < -0.3 is 14.5 Å². The van der Waals surface area contributed by atoms with Crippen LogP contribution in [0.25, 0.3) is 9.88 Å². The first-order chi connectivity index (χ1) is 14.5. The monoisotopic (exact) mass is 442 g/mol. The van der Waals surface area contributed by atoms with E-state index in [1.807, 2.05) is 35.4 Å². The number of hydrogen-bond acceptors (Lipinski definition) is 7. The molecule has 0 saturated carbocycles. The molecule has 0 bridgehead atoms. The molecule has 0 N–H and O–H groups in total. The summed E-state index contributed by atoms with van der Waals surface area (Å²) in [4.78, 5) is 18.1. The molecule has 1 saturated heterocycles. The largest absolute Gasteiger partial charge is 0.481 e. The van der Waals surface area contributed by atoms with Gasteiger partial charge in [-0.3, -0.25) is 4.79 Å². The van der Waals surface area contributed by atoms with E-state index in [9.17, 15) is 4.79 Å². The van der Waals surface area contributed by atoms with Crippen molar-refractivity contribution in [3.05, 3.63) is 47.3 Å². The molecule has 1 aliphatic heterocycles. The molecular weight excluding hydrogens is 416 g/mol. The van der Waals surface area contributed by atoms with Crippen molar-refractivity contribution in [1.82, 2.24) is 15.1 Å². The summed E-state index contributed by atoms with van der Waals surface area (Å²) in [5, 5.41) is 12.6. The Bertz CT molecular complexity index is 961. The number of carbonyl (C=O) groups excluding carboxylic acids is 1. The molecule has 1 aromatic carbocycles. The fourth-order valence-electron chi connectivity index (χ4n) is 3.40. The van der Waals surface area contributed by atoms with Gasteiger partial charge in [-0.1, -0.05) is 43.4 Å². The maximum atomic E-state index is 12.8. The van der Waals surface area contributed by atoms with E-state index in [2.05, 4.69) is 47.1 Å². The highest BCUT2D eigenvalue weighted by molar-refractivity contribution is 7.22. The lowest BCUT2D eigenvalue weighted by Crippen LogP contribution is -2.52. The fourth-order valence-corrected chi connectivity index (χ4v) is 5.09. The van der Waals surface area contributed by atoms with E-state index in [-0.39, 0.29) is 5.91 Å². The number of hydrogen-bond donors (Lipinski definition) is 0. The highest BCUT2D eigenvalue weighted by atomic mass is 32.1. The number of piperazine rings is 1. The molecule has 0 spiro atoms. The van der Waals surface area contributed by atoms with E-state index in [1.165, 1.54) is 5.56 Å². The second-order valence-corrected chi connectivity index (χ2v) is 9.57. The zero-order chi connectivity index (χ0) is 21.1. The standard InChI is InChI=1S/C22H26N4O2S2/c1-15(2)17-6-8-18(9-7-17)28-16(3)21(27)25-10-12-26(13-11-25)22-24-23-20(30-22)19-5-4-14-29-19/h4-9,14-16H,10-13H2,1-3H3. The summed E-state index contributed by atoms with van der Waals surface area (Å²) in [7, 11) is 0. The Labute approximate surface area is 185 Å². The van der Waals surface area contributed by atoms with E-state index in [0.29, 0.717) is 19.0 Å². The fraction of sp³-hybridized carbons (Fsp3) is 0.409. The summed E-state index contributed by atoms with van der Waals surface area (Å²) in [5.41, 5.74) is 1.26. The Hall–Kier alpha value is -2.45. The van der Waals surface area contributed by atoms with Crippen LogP contribution in [0, 0.1) is 0 Å². The SMILES string of the molecule is CC(Oc1ccc(C(C)C)cc1)C(=O)N1CCN(c2nnc(-c3cccs3)s2)CC1. The summed E-state index contributed by atoms with van der Waals surface area (Å²) in [5.74, 6) is 1.23. The van der Waals surface area contributed by atoms with Gasteiger partial charge in [-0.25, -0.2) is 0 Å². The van der Waals surface area contributed by atoms with Gasteiger partial charge in [-0.15, -0.1) is 21.5 Å². The lowest BCUT2D eigenvalue weighted by atomic mass is 10.0. The topological polar surface area (TPSA) is 58.6 Å². The first-order valence-corrected chi connectivity index (χ1v) is 11.9. The summed E-state index contributed by atoms with van der Waals surface area (Å²) in [6.07, 6.45) is -0.506. The molecule has 30 heavy (non-hydrogen) atoms. The number of anilines is 1. The molecule has 3 heterocycles. The molecule has 0 aliphatic carbocycles. The Kier molecular flexibility index (Phi) is 6.34. The van der Waals surface area contributed by atoms with Crippen molar-refractivity contribution in [3.63, 3.8) is 0 Å². The van der Waals surface area contributed by atoms with Crippen molar-refractivity contribution in [3.8, 4) is 15.6 Å². The van der Waals surface area contributed by atoms with E-state index in [4.69, 9.17) is 4.74 Å². The molecule has 1 amide bonds. The van der Waals surface area contributed by atoms with Crippen molar-refractivity contribution in [2.45, 2.75) is 32.8 Å². The summed E-state index contributed by atoms with van der Waals surface area (Å²) in [6.45, 7) is 8.96. The van der Waals surface area contributed by atoms with Gasteiger partial charge in [-0.05, 0) is 42.0 Å². The molecule has 6 nitrogen and oxygen atoms in total. The second-order valence-electron chi connectivity index (χ2n) is 7.66. The van der Waals surface area contributed by atoms with Gasteiger partial charge in [0.1, 0.15) is 5.75 Å². The van der Waals surface area contributed by atoms with Gasteiger partial charge in [0, 0.05) is 26.2 Å². The molecule has 158 valence electrons. The zero-order valence-corrected chi connectivity index (χ0v) is 19.1.